The average molecular weight is 224 g/mol. The first-order valence-electron chi connectivity index (χ1n) is 4.88. The second-order valence-corrected chi connectivity index (χ2v) is 5.82. The van der Waals surface area contributed by atoms with Crippen LogP contribution in [0.5, 0.6) is 0 Å². The van der Waals surface area contributed by atoms with Crippen molar-refractivity contribution < 1.29 is 8.42 Å². The summed E-state index contributed by atoms with van der Waals surface area (Å²) in [5.41, 5.74) is 2.02. The fourth-order valence-electron chi connectivity index (χ4n) is 1.29. The molecule has 1 aromatic rings. The van der Waals surface area contributed by atoms with Gasteiger partial charge in [-0.25, -0.2) is 8.42 Å². The molecule has 0 amide bonds. The first kappa shape index (κ1) is 12.0. The summed E-state index contributed by atoms with van der Waals surface area (Å²) in [4.78, 5) is 0. The molecule has 82 valence electrons. The summed E-state index contributed by atoms with van der Waals surface area (Å²) in [5.74, 6) is 0.504. The second kappa shape index (κ2) is 4.62. The molecule has 0 saturated heterocycles. The molecule has 3 heteroatoms. The highest BCUT2D eigenvalue weighted by Crippen LogP contribution is 2.16. The lowest BCUT2D eigenvalue weighted by molar-refractivity contribution is 0.604. The van der Waals surface area contributed by atoms with Crippen LogP contribution in [0.4, 0.5) is 0 Å². The maximum atomic E-state index is 11.3. The fourth-order valence-corrected chi connectivity index (χ4v) is 2.06. The van der Waals surface area contributed by atoms with Crippen molar-refractivity contribution in [2.24, 2.45) is 0 Å². The lowest BCUT2D eigenvalue weighted by Gasteiger charge is -2.06. The van der Waals surface area contributed by atoms with Crippen molar-refractivity contribution in [2.75, 3.05) is 0 Å². The van der Waals surface area contributed by atoms with Crippen LogP contribution in [-0.2, 0) is 15.6 Å². The summed E-state index contributed by atoms with van der Waals surface area (Å²) in [6, 6.07) is 7.66. The van der Waals surface area contributed by atoms with E-state index in [0.29, 0.717) is 5.92 Å². The molecule has 15 heavy (non-hydrogen) atoms. The Hall–Kier alpha value is -1.09. The van der Waals surface area contributed by atoms with Gasteiger partial charge in [-0.05, 0) is 17.0 Å². The first-order chi connectivity index (χ1) is 6.94. The predicted octanol–water partition coefficient (Wildman–Crippen LogP) is 2.87. The molecule has 1 aromatic carbocycles. The maximum Gasteiger partial charge on any atom is 0.175 e. The fraction of sp³-hybridized carbons (Fsp3) is 0.333. The monoisotopic (exact) mass is 224 g/mol. The number of rotatable bonds is 4. The minimum absolute atomic E-state index is 0.0366. The van der Waals surface area contributed by atoms with Crippen LogP contribution in [0.1, 0.15) is 30.9 Å². The Labute approximate surface area is 91.6 Å². The van der Waals surface area contributed by atoms with Crippen molar-refractivity contribution in [2.45, 2.75) is 25.5 Å². The van der Waals surface area contributed by atoms with Crippen LogP contribution in [0.2, 0.25) is 0 Å². The summed E-state index contributed by atoms with van der Waals surface area (Å²) in [6.07, 6.45) is 0. The van der Waals surface area contributed by atoms with E-state index in [1.54, 1.807) is 0 Å². The van der Waals surface area contributed by atoms with Crippen molar-refractivity contribution in [1.82, 2.24) is 0 Å². The zero-order chi connectivity index (χ0) is 11.5. The Morgan fingerprint density at radius 1 is 1.27 bits per heavy atom. The second-order valence-electron chi connectivity index (χ2n) is 3.87. The quantitative estimate of drug-likeness (QED) is 0.788. The lowest BCUT2D eigenvalue weighted by atomic mass is 10.0. The number of hydrogen-bond acceptors (Lipinski definition) is 2. The van der Waals surface area contributed by atoms with Crippen LogP contribution in [0.3, 0.4) is 0 Å². The van der Waals surface area contributed by atoms with E-state index in [0.717, 1.165) is 11.0 Å². The summed E-state index contributed by atoms with van der Waals surface area (Å²) >= 11 is 0. The zero-order valence-corrected chi connectivity index (χ0v) is 9.92. The SMILES string of the molecule is C=CS(=O)(=O)Cc1ccc(C(C)C)cc1. The Morgan fingerprint density at radius 2 is 1.80 bits per heavy atom. The Morgan fingerprint density at radius 3 is 2.20 bits per heavy atom. The van der Waals surface area contributed by atoms with Crippen LogP contribution in [0.15, 0.2) is 36.3 Å². The highest BCUT2D eigenvalue weighted by atomic mass is 32.2. The van der Waals surface area contributed by atoms with Gasteiger partial charge in [0.2, 0.25) is 0 Å². The third-order valence-corrected chi connectivity index (χ3v) is 3.51. The van der Waals surface area contributed by atoms with Crippen LogP contribution in [0.25, 0.3) is 0 Å². The van der Waals surface area contributed by atoms with E-state index in [-0.39, 0.29) is 5.75 Å². The number of sulfone groups is 1. The molecule has 0 radical (unpaired) electrons. The van der Waals surface area contributed by atoms with Gasteiger partial charge in [0.05, 0.1) is 5.75 Å². The van der Waals surface area contributed by atoms with Gasteiger partial charge in [-0.3, -0.25) is 0 Å². The molecule has 0 saturated carbocycles. The molecule has 0 aromatic heterocycles. The van der Waals surface area contributed by atoms with E-state index in [4.69, 9.17) is 0 Å². The van der Waals surface area contributed by atoms with E-state index < -0.39 is 9.84 Å². The molecule has 0 fully saturated rings. The van der Waals surface area contributed by atoms with Crippen LogP contribution in [-0.4, -0.2) is 8.42 Å². The molecule has 0 aliphatic rings. The van der Waals surface area contributed by atoms with Crippen LogP contribution >= 0.6 is 0 Å². The van der Waals surface area contributed by atoms with E-state index in [2.05, 4.69) is 20.4 Å². The molecule has 0 bridgehead atoms. The third-order valence-electron chi connectivity index (χ3n) is 2.27. The summed E-state index contributed by atoms with van der Waals surface area (Å²) in [5, 5.41) is 1.00. The Balaban J connectivity index is 2.86. The molecular weight excluding hydrogens is 208 g/mol. The summed E-state index contributed by atoms with van der Waals surface area (Å²) in [6.45, 7) is 7.50. The van der Waals surface area contributed by atoms with Gasteiger partial charge < -0.3 is 0 Å². The predicted molar refractivity (Wildman–Crippen MR) is 63.4 cm³/mol. The van der Waals surface area contributed by atoms with Gasteiger partial charge in [0.25, 0.3) is 0 Å². The highest BCUT2D eigenvalue weighted by molar-refractivity contribution is 7.93. The van der Waals surface area contributed by atoms with Gasteiger partial charge >= 0.3 is 0 Å². The van der Waals surface area contributed by atoms with Gasteiger partial charge in [0, 0.05) is 5.41 Å². The van der Waals surface area contributed by atoms with Gasteiger partial charge in [-0.1, -0.05) is 44.7 Å². The largest absolute Gasteiger partial charge is 0.224 e. The van der Waals surface area contributed by atoms with Crippen LogP contribution in [0, 0.1) is 0 Å². The minimum Gasteiger partial charge on any atom is -0.224 e. The molecule has 1 rings (SSSR count). The van der Waals surface area contributed by atoms with E-state index in [9.17, 15) is 8.42 Å². The smallest absolute Gasteiger partial charge is 0.175 e. The Bertz CT molecular complexity index is 427. The first-order valence-corrected chi connectivity index (χ1v) is 6.60. The lowest BCUT2D eigenvalue weighted by Crippen LogP contribution is -1.99. The topological polar surface area (TPSA) is 34.1 Å². The summed E-state index contributed by atoms with van der Waals surface area (Å²) in [7, 11) is -3.14. The van der Waals surface area contributed by atoms with Crippen molar-refractivity contribution in [3.63, 3.8) is 0 Å². The Kier molecular flexibility index (Phi) is 3.69. The highest BCUT2D eigenvalue weighted by Gasteiger charge is 2.06. The third kappa shape index (κ3) is 3.51. The maximum absolute atomic E-state index is 11.3. The molecule has 0 heterocycles. The van der Waals surface area contributed by atoms with Crippen molar-refractivity contribution >= 4 is 9.84 Å². The van der Waals surface area contributed by atoms with Crippen LogP contribution < -0.4 is 0 Å². The van der Waals surface area contributed by atoms with E-state index in [1.165, 1.54) is 5.56 Å². The molecule has 0 aliphatic heterocycles. The number of benzene rings is 1. The van der Waals surface area contributed by atoms with E-state index >= 15 is 0 Å². The zero-order valence-electron chi connectivity index (χ0n) is 9.10. The molecule has 0 N–H and O–H groups in total. The molecule has 0 spiro atoms. The molecular formula is C12H16O2S. The van der Waals surface area contributed by atoms with Crippen molar-refractivity contribution in [3.05, 3.63) is 47.4 Å². The van der Waals surface area contributed by atoms with Gasteiger partial charge in [-0.2, -0.15) is 0 Å². The average Bonchev–Trinajstić information content (AvgIpc) is 2.18. The molecule has 2 nitrogen and oxygen atoms in total. The minimum atomic E-state index is -3.14. The molecule has 0 aliphatic carbocycles. The number of hydrogen-bond donors (Lipinski definition) is 0. The van der Waals surface area contributed by atoms with Gasteiger partial charge in [0.1, 0.15) is 0 Å². The normalized spacial score (nSPS) is 11.7. The molecule has 0 unspecified atom stereocenters. The molecule has 0 atom stereocenters. The van der Waals surface area contributed by atoms with E-state index in [1.807, 2.05) is 24.3 Å². The standard InChI is InChI=1S/C12H16O2S/c1-4-15(13,14)9-11-5-7-12(8-6-11)10(2)3/h4-8,10H,1,9H2,2-3H3. The van der Waals surface area contributed by atoms with Gasteiger partial charge in [0.15, 0.2) is 9.84 Å². The van der Waals surface area contributed by atoms with Gasteiger partial charge in [-0.15, -0.1) is 0 Å². The van der Waals surface area contributed by atoms with Crippen molar-refractivity contribution in [3.8, 4) is 0 Å². The van der Waals surface area contributed by atoms with Crippen molar-refractivity contribution in [1.29, 1.82) is 0 Å². The summed E-state index contributed by atoms with van der Waals surface area (Å²) < 4.78 is 22.5.